The van der Waals surface area contributed by atoms with Gasteiger partial charge in [0.05, 0.1) is 16.0 Å². The first-order chi connectivity index (χ1) is 14.3. The SMILES string of the molecule is Cc1ccc(S(=O)(=O)n2ccc3c(-c4cnc(C5(O)CNC5)s4)c(F)cnc32)cc1. The molecule has 0 bridgehead atoms. The van der Waals surface area contributed by atoms with Gasteiger partial charge in [-0.25, -0.2) is 26.7 Å². The Kier molecular flexibility index (Phi) is 4.30. The third-order valence-electron chi connectivity index (χ3n) is 5.20. The van der Waals surface area contributed by atoms with Gasteiger partial charge in [-0.3, -0.25) is 0 Å². The molecule has 0 radical (unpaired) electrons. The minimum absolute atomic E-state index is 0.123. The van der Waals surface area contributed by atoms with Crippen LogP contribution in [0.1, 0.15) is 10.6 Å². The van der Waals surface area contributed by atoms with Gasteiger partial charge in [0.2, 0.25) is 0 Å². The van der Waals surface area contributed by atoms with E-state index in [1.807, 2.05) is 6.92 Å². The van der Waals surface area contributed by atoms with Crippen LogP contribution in [0.25, 0.3) is 21.5 Å². The molecule has 0 amide bonds. The Morgan fingerprint density at radius 1 is 1.17 bits per heavy atom. The van der Waals surface area contributed by atoms with Gasteiger partial charge in [-0.2, -0.15) is 0 Å². The lowest BCUT2D eigenvalue weighted by Crippen LogP contribution is -2.56. The summed E-state index contributed by atoms with van der Waals surface area (Å²) in [6.45, 7) is 2.65. The third kappa shape index (κ3) is 2.87. The minimum atomic E-state index is -3.89. The molecule has 2 N–H and O–H groups in total. The van der Waals surface area contributed by atoms with Crippen LogP contribution >= 0.6 is 11.3 Å². The molecule has 0 spiro atoms. The normalized spacial score (nSPS) is 16.0. The van der Waals surface area contributed by atoms with Crippen molar-refractivity contribution in [3.05, 3.63) is 65.3 Å². The highest BCUT2D eigenvalue weighted by molar-refractivity contribution is 7.90. The van der Waals surface area contributed by atoms with Crippen molar-refractivity contribution in [3.63, 3.8) is 0 Å². The van der Waals surface area contributed by atoms with Crippen LogP contribution < -0.4 is 5.32 Å². The Balaban J connectivity index is 1.65. The quantitative estimate of drug-likeness (QED) is 0.502. The summed E-state index contributed by atoms with van der Waals surface area (Å²) in [7, 11) is -3.89. The van der Waals surface area contributed by atoms with Crippen LogP contribution in [0.3, 0.4) is 0 Å². The van der Waals surface area contributed by atoms with Crippen molar-refractivity contribution >= 4 is 32.4 Å². The molecule has 1 fully saturated rings. The molecule has 0 saturated carbocycles. The zero-order chi connectivity index (χ0) is 21.1. The number of nitrogens with one attached hydrogen (secondary N) is 1. The summed E-state index contributed by atoms with van der Waals surface area (Å²) in [6, 6.07) is 8.03. The van der Waals surface area contributed by atoms with Gasteiger partial charge in [-0.1, -0.05) is 17.7 Å². The van der Waals surface area contributed by atoms with E-state index in [4.69, 9.17) is 0 Å². The van der Waals surface area contributed by atoms with Crippen molar-refractivity contribution in [3.8, 4) is 10.4 Å². The van der Waals surface area contributed by atoms with Crippen LogP contribution in [-0.2, 0) is 15.6 Å². The van der Waals surface area contributed by atoms with Gasteiger partial charge in [-0.05, 0) is 25.1 Å². The molecule has 3 aromatic heterocycles. The highest BCUT2D eigenvalue weighted by Gasteiger charge is 2.39. The van der Waals surface area contributed by atoms with Crippen molar-refractivity contribution < 1.29 is 17.9 Å². The predicted molar refractivity (Wildman–Crippen MR) is 111 cm³/mol. The smallest absolute Gasteiger partial charge is 0.269 e. The molecule has 0 aliphatic carbocycles. The molecular formula is C20H17FN4O3S2. The molecule has 4 heterocycles. The van der Waals surface area contributed by atoms with Gasteiger partial charge in [0.25, 0.3) is 10.0 Å². The van der Waals surface area contributed by atoms with E-state index in [1.54, 1.807) is 12.1 Å². The summed E-state index contributed by atoms with van der Waals surface area (Å²) < 4.78 is 42.0. The molecule has 4 aromatic rings. The molecule has 30 heavy (non-hydrogen) atoms. The monoisotopic (exact) mass is 444 g/mol. The molecule has 1 aliphatic heterocycles. The number of pyridine rings is 1. The summed E-state index contributed by atoms with van der Waals surface area (Å²) in [6.07, 6.45) is 3.89. The number of nitrogens with zero attached hydrogens (tertiary/aromatic N) is 3. The molecular weight excluding hydrogens is 427 g/mol. The molecule has 0 unspecified atom stereocenters. The molecule has 1 saturated heterocycles. The number of thiazole rings is 1. The molecule has 1 aromatic carbocycles. The highest BCUT2D eigenvalue weighted by Crippen LogP contribution is 2.38. The van der Waals surface area contributed by atoms with E-state index in [0.717, 1.165) is 15.7 Å². The maximum absolute atomic E-state index is 14.8. The molecule has 7 nitrogen and oxygen atoms in total. The van der Waals surface area contributed by atoms with Crippen molar-refractivity contribution in [2.24, 2.45) is 0 Å². The second kappa shape index (κ2) is 6.67. The third-order valence-corrected chi connectivity index (χ3v) is 8.09. The van der Waals surface area contributed by atoms with E-state index in [1.165, 1.54) is 41.9 Å². The van der Waals surface area contributed by atoms with E-state index in [2.05, 4.69) is 15.3 Å². The first-order valence-electron chi connectivity index (χ1n) is 9.17. The summed E-state index contributed by atoms with van der Waals surface area (Å²) in [4.78, 5) is 8.94. The summed E-state index contributed by atoms with van der Waals surface area (Å²) >= 11 is 1.18. The van der Waals surface area contributed by atoms with Gasteiger partial charge in [0.1, 0.15) is 10.6 Å². The van der Waals surface area contributed by atoms with Crippen molar-refractivity contribution in [2.45, 2.75) is 17.4 Å². The molecule has 5 rings (SSSR count). The first kappa shape index (κ1) is 19.3. The standard InChI is InChI=1S/C20H17FN4O3S2/c1-12-2-4-13(5-3-12)30(27,28)25-7-6-14-17(15(21)8-23-18(14)25)16-9-24-19(29-16)20(26)10-22-11-20/h2-9,22,26H,10-11H2,1H3. The largest absolute Gasteiger partial charge is 0.380 e. The summed E-state index contributed by atoms with van der Waals surface area (Å²) in [5.41, 5.74) is 0.244. The van der Waals surface area contributed by atoms with E-state index >= 15 is 0 Å². The number of benzene rings is 1. The fourth-order valence-corrected chi connectivity index (χ4v) is 5.79. The van der Waals surface area contributed by atoms with Crippen LogP contribution in [0.2, 0.25) is 0 Å². The van der Waals surface area contributed by atoms with Crippen molar-refractivity contribution in [1.29, 1.82) is 0 Å². The number of rotatable bonds is 4. The van der Waals surface area contributed by atoms with Crippen LogP contribution in [0, 0.1) is 12.7 Å². The fraction of sp³-hybridized carbons (Fsp3) is 0.200. The topological polar surface area (TPSA) is 97.1 Å². The number of hydrogen-bond donors (Lipinski definition) is 2. The number of β-amino-alcohol motifs (C(OH)–C–C–N with tert-alkyl or cyclic N) is 1. The minimum Gasteiger partial charge on any atom is -0.380 e. The Morgan fingerprint density at radius 2 is 1.90 bits per heavy atom. The Bertz CT molecular complexity index is 1370. The number of halogens is 1. The van der Waals surface area contributed by atoms with Gasteiger partial charge in [0.15, 0.2) is 11.5 Å². The Labute approximate surface area is 175 Å². The number of aromatic nitrogens is 3. The lowest BCUT2D eigenvalue weighted by Gasteiger charge is -2.35. The van der Waals surface area contributed by atoms with Gasteiger partial charge in [0, 0.05) is 36.4 Å². The van der Waals surface area contributed by atoms with E-state index in [9.17, 15) is 17.9 Å². The van der Waals surface area contributed by atoms with Crippen molar-refractivity contribution in [1.82, 2.24) is 19.3 Å². The van der Waals surface area contributed by atoms with E-state index in [0.29, 0.717) is 28.4 Å². The first-order valence-corrected chi connectivity index (χ1v) is 11.4. The summed E-state index contributed by atoms with van der Waals surface area (Å²) in [5, 5.41) is 14.3. The van der Waals surface area contributed by atoms with Crippen LogP contribution in [-0.4, -0.2) is 40.6 Å². The Morgan fingerprint density at radius 3 is 2.57 bits per heavy atom. The van der Waals surface area contributed by atoms with Crippen LogP contribution in [0.5, 0.6) is 0 Å². The van der Waals surface area contributed by atoms with Crippen LogP contribution in [0.15, 0.2) is 53.8 Å². The van der Waals surface area contributed by atoms with Gasteiger partial charge in [-0.15, -0.1) is 11.3 Å². The Hall–Kier alpha value is -2.66. The van der Waals surface area contributed by atoms with Crippen LogP contribution in [0.4, 0.5) is 4.39 Å². The predicted octanol–water partition coefficient (Wildman–Crippen LogP) is 2.64. The van der Waals surface area contributed by atoms with E-state index < -0.39 is 21.4 Å². The zero-order valence-electron chi connectivity index (χ0n) is 15.8. The van der Waals surface area contributed by atoms with Gasteiger partial charge >= 0.3 is 0 Å². The second-order valence-corrected chi connectivity index (χ2v) is 10.2. The number of hydrogen-bond acceptors (Lipinski definition) is 7. The highest BCUT2D eigenvalue weighted by atomic mass is 32.2. The average molecular weight is 445 g/mol. The average Bonchev–Trinajstić information content (AvgIpc) is 3.34. The maximum atomic E-state index is 14.8. The summed E-state index contributed by atoms with van der Waals surface area (Å²) in [5.74, 6) is -0.582. The second-order valence-electron chi connectivity index (χ2n) is 7.31. The molecule has 1 aliphatic rings. The number of aryl methyl sites for hydroxylation is 1. The maximum Gasteiger partial charge on any atom is 0.269 e. The molecule has 154 valence electrons. The van der Waals surface area contributed by atoms with E-state index in [-0.39, 0.29) is 16.1 Å². The number of aliphatic hydroxyl groups is 1. The zero-order valence-corrected chi connectivity index (χ0v) is 17.5. The molecule has 0 atom stereocenters. The van der Waals surface area contributed by atoms with Gasteiger partial charge < -0.3 is 10.4 Å². The molecule has 10 heteroatoms. The lowest BCUT2D eigenvalue weighted by molar-refractivity contribution is -0.0148. The lowest BCUT2D eigenvalue weighted by atomic mass is 9.99. The fourth-order valence-electron chi connectivity index (χ4n) is 3.42. The number of fused-ring (bicyclic) bond motifs is 1. The van der Waals surface area contributed by atoms with Crippen molar-refractivity contribution in [2.75, 3.05) is 13.1 Å².